The number of carbonyl (C=O) groups excluding carboxylic acids is 2. The molecule has 0 aromatic heterocycles. The van der Waals surface area contributed by atoms with Crippen LogP contribution in [0, 0.1) is 0 Å². The lowest BCUT2D eigenvalue weighted by Crippen LogP contribution is -2.69. The summed E-state index contributed by atoms with van der Waals surface area (Å²) >= 11 is 0. The maximum atomic E-state index is 11.4. The molecule has 0 aromatic rings. The zero-order valence-corrected chi connectivity index (χ0v) is 9.22. The third-order valence-corrected chi connectivity index (χ3v) is 2.36. The molecule has 0 saturated carbocycles. The predicted octanol–water partition coefficient (Wildman–Crippen LogP) is -3.54. The minimum Gasteiger partial charge on any atom is -0.379 e. The number of aliphatic hydroxyl groups is 1. The summed E-state index contributed by atoms with van der Waals surface area (Å²) < 4.78 is 5.07. The molecule has 1 aliphatic rings. The second-order valence-corrected chi connectivity index (χ2v) is 3.43. The van der Waals surface area contributed by atoms with Gasteiger partial charge in [0, 0.05) is 13.1 Å². The zero-order valence-electron chi connectivity index (χ0n) is 9.22. The van der Waals surface area contributed by atoms with Crippen LogP contribution in [0.4, 0.5) is 0 Å². The summed E-state index contributed by atoms with van der Waals surface area (Å²) in [5, 5.41) is 12.2. The summed E-state index contributed by atoms with van der Waals surface area (Å²) in [6.45, 7) is 0.759. The molecule has 0 aromatic carbocycles. The van der Waals surface area contributed by atoms with E-state index in [9.17, 15) is 14.7 Å². The highest BCUT2D eigenvalue weighted by atomic mass is 16.7. The molecular formula is C8H16N4O5. The van der Waals surface area contributed by atoms with Crippen LogP contribution in [0.25, 0.3) is 0 Å². The lowest BCUT2D eigenvalue weighted by molar-refractivity contribution is -0.207. The van der Waals surface area contributed by atoms with Gasteiger partial charge in [-0.05, 0) is 0 Å². The molecule has 0 aliphatic carbocycles. The maximum Gasteiger partial charge on any atom is 0.395 e. The molecule has 1 saturated heterocycles. The van der Waals surface area contributed by atoms with Gasteiger partial charge in [-0.3, -0.25) is 4.79 Å². The number of ether oxygens (including phenoxy) is 1. The number of rotatable bonds is 4. The Morgan fingerprint density at radius 1 is 1.47 bits per heavy atom. The normalized spacial score (nSPS) is 20.4. The molecule has 9 heteroatoms. The summed E-state index contributed by atoms with van der Waals surface area (Å²) in [5.74, 6) is 0.538. The number of morpholine rings is 1. The van der Waals surface area contributed by atoms with Crippen LogP contribution < -0.4 is 16.9 Å². The first kappa shape index (κ1) is 13.8. The van der Waals surface area contributed by atoms with Crippen LogP contribution in [0.2, 0.25) is 0 Å². The Labute approximate surface area is 97.6 Å². The molecule has 17 heavy (non-hydrogen) atoms. The minimum atomic E-state index is -2.31. The Hall–Kier alpha value is -1.26. The van der Waals surface area contributed by atoms with E-state index in [1.807, 2.05) is 0 Å². The SMILES string of the molecule is NCC(=O)NC(O)(C(=O)ON)N1CCOCC1. The molecule has 1 unspecified atom stereocenters. The van der Waals surface area contributed by atoms with Crippen LogP contribution in [0.5, 0.6) is 0 Å². The highest BCUT2D eigenvalue weighted by Gasteiger charge is 2.46. The molecule has 1 fully saturated rings. The van der Waals surface area contributed by atoms with Crippen LogP contribution in [-0.2, 0) is 19.2 Å². The lowest BCUT2D eigenvalue weighted by Gasteiger charge is -2.38. The monoisotopic (exact) mass is 248 g/mol. The molecule has 0 bridgehead atoms. The zero-order chi connectivity index (χ0) is 12.9. The summed E-state index contributed by atoms with van der Waals surface area (Å²) in [6.07, 6.45) is 0. The fourth-order valence-corrected chi connectivity index (χ4v) is 1.47. The van der Waals surface area contributed by atoms with Crippen molar-refractivity contribution in [2.75, 3.05) is 32.8 Å². The second-order valence-electron chi connectivity index (χ2n) is 3.43. The topological polar surface area (TPSA) is 140 Å². The van der Waals surface area contributed by atoms with Crippen molar-refractivity contribution in [3.63, 3.8) is 0 Å². The number of nitrogens with one attached hydrogen (secondary N) is 1. The largest absolute Gasteiger partial charge is 0.395 e. The van der Waals surface area contributed by atoms with Gasteiger partial charge in [0.1, 0.15) is 0 Å². The van der Waals surface area contributed by atoms with Gasteiger partial charge in [-0.2, -0.15) is 5.90 Å². The van der Waals surface area contributed by atoms with E-state index in [4.69, 9.17) is 16.4 Å². The van der Waals surface area contributed by atoms with Crippen LogP contribution in [0.3, 0.4) is 0 Å². The average Bonchev–Trinajstić information content (AvgIpc) is 2.38. The van der Waals surface area contributed by atoms with E-state index in [1.165, 1.54) is 4.90 Å². The Morgan fingerprint density at radius 3 is 2.53 bits per heavy atom. The van der Waals surface area contributed by atoms with E-state index in [2.05, 4.69) is 10.2 Å². The third-order valence-electron chi connectivity index (χ3n) is 2.36. The summed E-state index contributed by atoms with van der Waals surface area (Å²) in [7, 11) is 0. The summed E-state index contributed by atoms with van der Waals surface area (Å²) in [6, 6.07) is 0. The first-order valence-corrected chi connectivity index (χ1v) is 5.02. The van der Waals surface area contributed by atoms with Gasteiger partial charge in [0.05, 0.1) is 19.8 Å². The molecule has 0 spiro atoms. The van der Waals surface area contributed by atoms with E-state index < -0.39 is 17.7 Å². The third kappa shape index (κ3) is 3.11. The highest BCUT2D eigenvalue weighted by Crippen LogP contribution is 2.12. The van der Waals surface area contributed by atoms with Crippen molar-refractivity contribution < 1.29 is 24.3 Å². The van der Waals surface area contributed by atoms with Gasteiger partial charge in [-0.25, -0.2) is 9.69 Å². The lowest BCUT2D eigenvalue weighted by atomic mass is 10.3. The van der Waals surface area contributed by atoms with Crippen molar-refractivity contribution in [1.29, 1.82) is 0 Å². The van der Waals surface area contributed by atoms with E-state index in [0.717, 1.165) is 0 Å². The fourth-order valence-electron chi connectivity index (χ4n) is 1.47. The maximum absolute atomic E-state index is 11.4. The molecule has 0 radical (unpaired) electrons. The number of carbonyl (C=O) groups is 2. The van der Waals surface area contributed by atoms with Crippen LogP contribution in [-0.4, -0.2) is 60.6 Å². The van der Waals surface area contributed by atoms with Gasteiger partial charge in [0.25, 0.3) is 0 Å². The molecule has 1 rings (SSSR count). The van der Waals surface area contributed by atoms with Gasteiger partial charge in [-0.1, -0.05) is 0 Å². The summed E-state index contributed by atoms with van der Waals surface area (Å²) in [5.41, 5.74) is 5.10. The average molecular weight is 248 g/mol. The van der Waals surface area contributed by atoms with Crippen molar-refractivity contribution in [3.05, 3.63) is 0 Å². The van der Waals surface area contributed by atoms with Gasteiger partial charge in [0.15, 0.2) is 0 Å². The van der Waals surface area contributed by atoms with Crippen LogP contribution in [0.15, 0.2) is 0 Å². The first-order chi connectivity index (χ1) is 8.04. The van der Waals surface area contributed by atoms with E-state index in [1.54, 1.807) is 0 Å². The molecule has 9 nitrogen and oxygen atoms in total. The van der Waals surface area contributed by atoms with Gasteiger partial charge in [-0.15, -0.1) is 0 Å². The Bertz CT molecular complexity index is 294. The van der Waals surface area contributed by atoms with E-state index in [-0.39, 0.29) is 19.6 Å². The molecule has 1 atom stereocenters. The summed E-state index contributed by atoms with van der Waals surface area (Å²) in [4.78, 5) is 27.9. The number of amides is 1. The van der Waals surface area contributed by atoms with E-state index >= 15 is 0 Å². The van der Waals surface area contributed by atoms with Crippen LogP contribution in [0.1, 0.15) is 0 Å². The van der Waals surface area contributed by atoms with Crippen LogP contribution >= 0.6 is 0 Å². The van der Waals surface area contributed by atoms with Gasteiger partial charge >= 0.3 is 11.8 Å². The van der Waals surface area contributed by atoms with Crippen molar-refractivity contribution in [3.8, 4) is 0 Å². The van der Waals surface area contributed by atoms with Crippen molar-refractivity contribution >= 4 is 11.9 Å². The number of nitrogens with two attached hydrogens (primary N) is 2. The Morgan fingerprint density at radius 2 is 2.06 bits per heavy atom. The van der Waals surface area contributed by atoms with Gasteiger partial charge < -0.3 is 25.7 Å². The van der Waals surface area contributed by atoms with Crippen molar-refractivity contribution in [2.24, 2.45) is 11.6 Å². The molecule has 6 N–H and O–H groups in total. The Kier molecular flexibility index (Phi) is 4.78. The van der Waals surface area contributed by atoms with E-state index in [0.29, 0.717) is 13.2 Å². The van der Waals surface area contributed by atoms with Crippen molar-refractivity contribution in [2.45, 2.75) is 5.85 Å². The molecule has 1 aliphatic heterocycles. The smallest absolute Gasteiger partial charge is 0.379 e. The fraction of sp³-hybridized carbons (Fsp3) is 0.750. The Balaban J connectivity index is 2.83. The number of hydrogen-bond donors (Lipinski definition) is 4. The first-order valence-electron chi connectivity index (χ1n) is 5.02. The number of hydrogen-bond acceptors (Lipinski definition) is 8. The molecule has 98 valence electrons. The molecule has 1 amide bonds. The predicted molar refractivity (Wildman–Crippen MR) is 54.8 cm³/mol. The molecule has 1 heterocycles. The highest BCUT2D eigenvalue weighted by molar-refractivity contribution is 5.86. The van der Waals surface area contributed by atoms with Crippen molar-refractivity contribution in [1.82, 2.24) is 10.2 Å². The standard InChI is InChI=1S/C8H16N4O5/c9-5-6(13)11-8(15,7(14)17-10)12-1-3-16-4-2-12/h15H,1-5,9-10H2,(H,11,13). The quantitative estimate of drug-likeness (QED) is 0.296. The second kappa shape index (κ2) is 5.89. The number of nitrogens with zero attached hydrogens (tertiary/aromatic N) is 1. The minimum absolute atomic E-state index is 0.246. The molecular weight excluding hydrogens is 232 g/mol. The van der Waals surface area contributed by atoms with Gasteiger partial charge in [0.2, 0.25) is 5.91 Å².